The molecule has 0 atom stereocenters. The number of anilines is 2. The number of nitrogens with two attached hydrogens (primary N) is 2. The Morgan fingerprint density at radius 3 is 1.81 bits per heavy atom. The van der Waals surface area contributed by atoms with E-state index in [0.717, 1.165) is 0 Å². The van der Waals surface area contributed by atoms with Crippen molar-refractivity contribution in [3.8, 4) is 34.1 Å². The first kappa shape index (κ1) is 14.6. The van der Waals surface area contributed by atoms with Crippen LogP contribution in [0.15, 0.2) is 24.3 Å². The molecule has 112 valence electrons. The van der Waals surface area contributed by atoms with Crippen LogP contribution in [0.5, 0.6) is 23.0 Å². The molecule has 5 N–H and O–H groups in total. The molecular weight excluding hydrogens is 272 g/mol. The summed E-state index contributed by atoms with van der Waals surface area (Å²) in [7, 11) is 4.51. The lowest BCUT2D eigenvalue weighted by Gasteiger charge is -2.17. The van der Waals surface area contributed by atoms with Crippen molar-refractivity contribution in [1.29, 1.82) is 0 Å². The minimum Gasteiger partial charge on any atom is -0.504 e. The van der Waals surface area contributed by atoms with Crippen LogP contribution in [0, 0.1) is 0 Å². The van der Waals surface area contributed by atoms with Gasteiger partial charge in [0.1, 0.15) is 0 Å². The highest BCUT2D eigenvalue weighted by atomic mass is 16.5. The highest BCUT2D eigenvalue weighted by Gasteiger charge is 2.19. The monoisotopic (exact) mass is 290 g/mol. The Hall–Kier alpha value is -2.76. The second-order valence-electron chi connectivity index (χ2n) is 4.42. The van der Waals surface area contributed by atoms with Gasteiger partial charge in [0.15, 0.2) is 23.0 Å². The molecule has 2 aromatic carbocycles. The molecule has 0 radical (unpaired) electrons. The van der Waals surface area contributed by atoms with Crippen molar-refractivity contribution < 1.29 is 19.3 Å². The van der Waals surface area contributed by atoms with Crippen molar-refractivity contribution in [2.24, 2.45) is 0 Å². The minimum atomic E-state index is -0.0593. The number of hydrogen-bond acceptors (Lipinski definition) is 6. The van der Waals surface area contributed by atoms with Crippen LogP contribution in [0.2, 0.25) is 0 Å². The zero-order valence-electron chi connectivity index (χ0n) is 12.1. The zero-order chi connectivity index (χ0) is 15.6. The fourth-order valence-corrected chi connectivity index (χ4v) is 2.24. The molecule has 2 aromatic rings. The summed E-state index contributed by atoms with van der Waals surface area (Å²) in [5.41, 5.74) is 13.8. The van der Waals surface area contributed by atoms with E-state index in [2.05, 4.69) is 0 Å². The van der Waals surface area contributed by atoms with Gasteiger partial charge >= 0.3 is 0 Å². The molecule has 0 aliphatic rings. The zero-order valence-corrected chi connectivity index (χ0v) is 12.1. The molecule has 0 unspecified atom stereocenters. The van der Waals surface area contributed by atoms with E-state index in [4.69, 9.17) is 25.7 Å². The highest BCUT2D eigenvalue weighted by molar-refractivity contribution is 5.85. The van der Waals surface area contributed by atoms with Gasteiger partial charge in [0.05, 0.1) is 21.3 Å². The molecule has 0 saturated carbocycles. The average Bonchev–Trinajstić information content (AvgIpc) is 2.45. The van der Waals surface area contributed by atoms with E-state index >= 15 is 0 Å². The predicted octanol–water partition coefficient (Wildman–Crippen LogP) is 2.25. The SMILES string of the molecule is COc1cc(N)cc(-c2cc(N)cc(O)c2OC)c1OC. The van der Waals surface area contributed by atoms with Crippen LogP contribution in [0.3, 0.4) is 0 Å². The van der Waals surface area contributed by atoms with Crippen LogP contribution in [0.4, 0.5) is 11.4 Å². The van der Waals surface area contributed by atoms with E-state index in [-0.39, 0.29) is 11.5 Å². The fraction of sp³-hybridized carbons (Fsp3) is 0.200. The minimum absolute atomic E-state index is 0.0593. The number of nitrogen functional groups attached to an aromatic ring is 2. The van der Waals surface area contributed by atoms with Gasteiger partial charge in [-0.05, 0) is 12.1 Å². The Kier molecular flexibility index (Phi) is 3.98. The summed E-state index contributed by atoms with van der Waals surface area (Å²) < 4.78 is 15.9. The Labute approximate surface area is 122 Å². The molecule has 2 rings (SSSR count). The van der Waals surface area contributed by atoms with Crippen molar-refractivity contribution in [3.05, 3.63) is 24.3 Å². The van der Waals surface area contributed by atoms with Gasteiger partial charge in [0, 0.05) is 34.6 Å². The molecule has 6 nitrogen and oxygen atoms in total. The second kappa shape index (κ2) is 5.70. The Bertz CT molecular complexity index is 671. The average molecular weight is 290 g/mol. The predicted molar refractivity (Wildman–Crippen MR) is 82.0 cm³/mol. The maximum atomic E-state index is 9.98. The number of ether oxygens (including phenoxy) is 3. The molecule has 0 aromatic heterocycles. The number of hydrogen-bond donors (Lipinski definition) is 3. The summed E-state index contributed by atoms with van der Waals surface area (Å²) in [6.07, 6.45) is 0. The number of benzene rings is 2. The van der Waals surface area contributed by atoms with Gasteiger partial charge in [-0.1, -0.05) is 0 Å². The molecule has 0 fully saturated rings. The van der Waals surface area contributed by atoms with E-state index in [9.17, 15) is 5.11 Å². The third-order valence-corrected chi connectivity index (χ3v) is 3.09. The lowest BCUT2D eigenvalue weighted by Crippen LogP contribution is -1.98. The van der Waals surface area contributed by atoms with Crippen molar-refractivity contribution >= 4 is 11.4 Å². The molecule has 21 heavy (non-hydrogen) atoms. The maximum absolute atomic E-state index is 9.98. The molecule has 0 aliphatic carbocycles. The van der Waals surface area contributed by atoms with Gasteiger partial charge in [0.2, 0.25) is 0 Å². The molecule has 0 aliphatic heterocycles. The summed E-state index contributed by atoms with van der Waals surface area (Å²) >= 11 is 0. The summed E-state index contributed by atoms with van der Waals surface area (Å²) in [4.78, 5) is 0. The summed E-state index contributed by atoms with van der Waals surface area (Å²) in [6, 6.07) is 6.45. The molecule has 0 spiro atoms. The molecule has 0 amide bonds. The van der Waals surface area contributed by atoms with Gasteiger partial charge < -0.3 is 30.8 Å². The maximum Gasteiger partial charge on any atom is 0.168 e. The van der Waals surface area contributed by atoms with Crippen LogP contribution < -0.4 is 25.7 Å². The molecule has 0 heterocycles. The first-order valence-corrected chi connectivity index (χ1v) is 6.20. The second-order valence-corrected chi connectivity index (χ2v) is 4.42. The summed E-state index contributed by atoms with van der Waals surface area (Å²) in [5, 5.41) is 9.98. The standard InChI is InChI=1S/C15H18N2O4/c1-19-13-7-9(17)5-11(15(13)21-3)10-4-8(16)6-12(18)14(10)20-2/h4-7,18H,16-17H2,1-3H3. The highest BCUT2D eigenvalue weighted by Crippen LogP contribution is 2.46. The van der Waals surface area contributed by atoms with Crippen LogP contribution in [0.1, 0.15) is 0 Å². The molecule has 0 saturated heterocycles. The van der Waals surface area contributed by atoms with Gasteiger partial charge in [-0.3, -0.25) is 0 Å². The summed E-state index contributed by atoms with van der Waals surface area (Å²) in [6.45, 7) is 0. The number of phenols is 1. The largest absolute Gasteiger partial charge is 0.504 e. The Morgan fingerprint density at radius 2 is 1.29 bits per heavy atom. The van der Waals surface area contributed by atoms with Crippen molar-refractivity contribution in [2.45, 2.75) is 0 Å². The number of aromatic hydroxyl groups is 1. The van der Waals surface area contributed by atoms with Crippen LogP contribution in [-0.2, 0) is 0 Å². The van der Waals surface area contributed by atoms with Crippen LogP contribution >= 0.6 is 0 Å². The topological polar surface area (TPSA) is 100.0 Å². The first-order valence-electron chi connectivity index (χ1n) is 6.20. The van der Waals surface area contributed by atoms with Crippen LogP contribution in [0.25, 0.3) is 11.1 Å². The third-order valence-electron chi connectivity index (χ3n) is 3.09. The third kappa shape index (κ3) is 2.60. The number of phenolic OH excluding ortho intramolecular Hbond substituents is 1. The number of methoxy groups -OCH3 is 3. The van der Waals surface area contributed by atoms with E-state index in [0.29, 0.717) is 34.0 Å². The van der Waals surface area contributed by atoms with Gasteiger partial charge in [-0.2, -0.15) is 0 Å². The van der Waals surface area contributed by atoms with Gasteiger partial charge in [-0.25, -0.2) is 0 Å². The summed E-state index contributed by atoms with van der Waals surface area (Å²) in [5.74, 6) is 1.19. The van der Waals surface area contributed by atoms with Crippen LogP contribution in [-0.4, -0.2) is 26.4 Å². The first-order chi connectivity index (χ1) is 10.0. The van der Waals surface area contributed by atoms with E-state index < -0.39 is 0 Å². The molecule has 6 heteroatoms. The van der Waals surface area contributed by atoms with Crippen molar-refractivity contribution in [3.63, 3.8) is 0 Å². The van der Waals surface area contributed by atoms with E-state index in [1.807, 2.05) is 0 Å². The quantitative estimate of drug-likeness (QED) is 0.747. The lowest BCUT2D eigenvalue weighted by molar-refractivity contribution is 0.355. The van der Waals surface area contributed by atoms with Crippen molar-refractivity contribution in [2.75, 3.05) is 32.8 Å². The normalized spacial score (nSPS) is 10.2. The van der Waals surface area contributed by atoms with Gasteiger partial charge in [-0.15, -0.1) is 0 Å². The smallest absolute Gasteiger partial charge is 0.168 e. The molecule has 0 bridgehead atoms. The Balaban J connectivity index is 2.80. The van der Waals surface area contributed by atoms with E-state index in [1.165, 1.54) is 27.4 Å². The Morgan fingerprint density at radius 1 is 0.762 bits per heavy atom. The van der Waals surface area contributed by atoms with Gasteiger partial charge in [0.25, 0.3) is 0 Å². The van der Waals surface area contributed by atoms with E-state index in [1.54, 1.807) is 18.2 Å². The lowest BCUT2D eigenvalue weighted by atomic mass is 10.0. The van der Waals surface area contributed by atoms with Crippen molar-refractivity contribution in [1.82, 2.24) is 0 Å². The number of rotatable bonds is 4. The molecular formula is C15H18N2O4. The fourth-order valence-electron chi connectivity index (χ4n) is 2.24.